The highest BCUT2D eigenvalue weighted by Crippen LogP contribution is 2.52. The van der Waals surface area contributed by atoms with Gasteiger partial charge in [0.15, 0.2) is 0 Å². The summed E-state index contributed by atoms with van der Waals surface area (Å²) in [5, 5.41) is 0. The van der Waals surface area contributed by atoms with Crippen molar-refractivity contribution in [2.24, 2.45) is 17.3 Å². The van der Waals surface area contributed by atoms with Gasteiger partial charge in [0.05, 0.1) is 7.85 Å². The summed E-state index contributed by atoms with van der Waals surface area (Å²) in [6.45, 7) is 9.19. The summed E-state index contributed by atoms with van der Waals surface area (Å²) < 4.78 is 0. The first-order chi connectivity index (χ1) is 4.46. The molecular formula is C9H17B. The lowest BCUT2D eigenvalue weighted by molar-refractivity contribution is 0.248. The molecular weight excluding hydrogens is 119 g/mol. The Morgan fingerprint density at radius 3 is 1.90 bits per heavy atom. The van der Waals surface area contributed by atoms with Crippen LogP contribution in [0.3, 0.4) is 0 Å². The van der Waals surface area contributed by atoms with Gasteiger partial charge in [-0.2, -0.15) is 0 Å². The zero-order valence-corrected chi connectivity index (χ0v) is 7.52. The van der Waals surface area contributed by atoms with Crippen molar-refractivity contribution in [3.63, 3.8) is 0 Å². The lowest BCUT2D eigenvalue weighted by Crippen LogP contribution is -2.21. The highest BCUT2D eigenvalue weighted by Gasteiger charge is 2.41. The van der Waals surface area contributed by atoms with Crippen LogP contribution < -0.4 is 0 Å². The van der Waals surface area contributed by atoms with Gasteiger partial charge < -0.3 is 0 Å². The van der Waals surface area contributed by atoms with Gasteiger partial charge in [-0.05, 0) is 17.3 Å². The van der Waals surface area contributed by atoms with E-state index in [1.54, 1.807) is 0 Å². The van der Waals surface area contributed by atoms with Gasteiger partial charge in [-0.3, -0.25) is 0 Å². The van der Waals surface area contributed by atoms with E-state index in [1.807, 2.05) is 0 Å². The summed E-state index contributed by atoms with van der Waals surface area (Å²) in [6.07, 6.45) is 1.20. The van der Waals surface area contributed by atoms with Crippen LogP contribution in [0.2, 0.25) is 5.82 Å². The van der Waals surface area contributed by atoms with Crippen LogP contribution in [-0.2, 0) is 0 Å². The fourth-order valence-corrected chi connectivity index (χ4v) is 1.98. The molecule has 0 aromatic rings. The molecule has 0 heterocycles. The van der Waals surface area contributed by atoms with Crippen molar-refractivity contribution < 1.29 is 0 Å². The van der Waals surface area contributed by atoms with E-state index < -0.39 is 0 Å². The van der Waals surface area contributed by atoms with Crippen LogP contribution in [0, 0.1) is 17.3 Å². The minimum absolute atomic E-state index is 0.361. The molecule has 0 bridgehead atoms. The Morgan fingerprint density at radius 1 is 1.30 bits per heavy atom. The lowest BCUT2D eigenvalue weighted by Gasteiger charge is -2.30. The first-order valence-electron chi connectivity index (χ1n) is 4.22. The minimum atomic E-state index is 0.361. The van der Waals surface area contributed by atoms with Gasteiger partial charge in [0, 0.05) is 0 Å². The molecule has 0 aliphatic heterocycles. The molecule has 56 valence electrons. The normalized spacial score (nSPS) is 45.8. The molecule has 3 unspecified atom stereocenters. The third-order valence-electron chi connectivity index (χ3n) is 3.61. The monoisotopic (exact) mass is 136 g/mol. The Kier molecular flexibility index (Phi) is 1.87. The Balaban J connectivity index is 2.75. The molecule has 0 spiro atoms. The van der Waals surface area contributed by atoms with E-state index in [0.29, 0.717) is 11.2 Å². The summed E-state index contributed by atoms with van der Waals surface area (Å²) in [5.41, 5.74) is 0.361. The molecule has 0 N–H and O–H groups in total. The van der Waals surface area contributed by atoms with Gasteiger partial charge in [0.1, 0.15) is 0 Å². The number of rotatable bonds is 0. The van der Waals surface area contributed by atoms with E-state index in [0.717, 1.165) is 11.8 Å². The summed E-state index contributed by atoms with van der Waals surface area (Å²) in [5.74, 6) is 2.00. The van der Waals surface area contributed by atoms with Crippen molar-refractivity contribution in [3.8, 4) is 0 Å². The minimum Gasteiger partial charge on any atom is -0.0718 e. The van der Waals surface area contributed by atoms with E-state index in [9.17, 15) is 0 Å². The van der Waals surface area contributed by atoms with Crippen molar-refractivity contribution in [1.29, 1.82) is 0 Å². The molecule has 10 heavy (non-hydrogen) atoms. The molecule has 1 heteroatoms. The van der Waals surface area contributed by atoms with Gasteiger partial charge in [-0.25, -0.2) is 0 Å². The quantitative estimate of drug-likeness (QED) is 0.449. The lowest BCUT2D eigenvalue weighted by atomic mass is 9.67. The fraction of sp³-hybridized carbons (Fsp3) is 1.00. The van der Waals surface area contributed by atoms with Crippen molar-refractivity contribution in [3.05, 3.63) is 0 Å². The predicted octanol–water partition coefficient (Wildman–Crippen LogP) is 2.65. The molecule has 1 aliphatic carbocycles. The Bertz CT molecular complexity index is 129. The van der Waals surface area contributed by atoms with E-state index in [-0.39, 0.29) is 0 Å². The zero-order chi connectivity index (χ0) is 7.94. The van der Waals surface area contributed by atoms with Crippen molar-refractivity contribution in [1.82, 2.24) is 0 Å². The van der Waals surface area contributed by atoms with Crippen molar-refractivity contribution in [2.75, 3.05) is 0 Å². The second kappa shape index (κ2) is 2.28. The molecule has 1 aliphatic rings. The molecule has 2 radical (unpaired) electrons. The summed E-state index contributed by atoms with van der Waals surface area (Å²) in [7, 11) is 5.99. The van der Waals surface area contributed by atoms with Crippen LogP contribution >= 0.6 is 0 Å². The van der Waals surface area contributed by atoms with Crippen LogP contribution in [0.5, 0.6) is 0 Å². The topological polar surface area (TPSA) is 0 Å². The average Bonchev–Trinajstić information content (AvgIpc) is 1.97. The second-order valence-electron chi connectivity index (χ2n) is 4.43. The van der Waals surface area contributed by atoms with Crippen LogP contribution in [0.4, 0.5) is 0 Å². The highest BCUT2D eigenvalue weighted by molar-refractivity contribution is 6.12. The van der Waals surface area contributed by atoms with E-state index in [2.05, 4.69) is 27.7 Å². The summed E-state index contributed by atoms with van der Waals surface area (Å²) in [4.78, 5) is 0. The van der Waals surface area contributed by atoms with Crippen LogP contribution in [0.25, 0.3) is 0 Å². The van der Waals surface area contributed by atoms with Gasteiger partial charge in [-0.15, -0.1) is 0 Å². The number of hydrogen-bond acceptors (Lipinski definition) is 0. The highest BCUT2D eigenvalue weighted by atomic mass is 14.4. The maximum atomic E-state index is 5.99. The van der Waals surface area contributed by atoms with Gasteiger partial charge >= 0.3 is 0 Å². The maximum Gasteiger partial charge on any atom is 0.0707 e. The molecule has 1 saturated carbocycles. The van der Waals surface area contributed by atoms with E-state index in [4.69, 9.17) is 7.85 Å². The van der Waals surface area contributed by atoms with Gasteiger partial charge in [0.2, 0.25) is 0 Å². The summed E-state index contributed by atoms with van der Waals surface area (Å²) in [6, 6.07) is 0. The Hall–Kier alpha value is 0.0649. The standard InChI is InChI=1S/C9H17B/c1-6-5-8(10)9(3,4)7(6)2/h6-8H,5H2,1-4H3. The van der Waals surface area contributed by atoms with Gasteiger partial charge in [0.25, 0.3) is 0 Å². The molecule has 0 aromatic carbocycles. The third-order valence-corrected chi connectivity index (χ3v) is 3.61. The Labute approximate surface area is 65.8 Å². The van der Waals surface area contributed by atoms with Gasteiger partial charge in [-0.1, -0.05) is 39.9 Å². The molecule has 0 aromatic heterocycles. The molecule has 3 atom stereocenters. The third kappa shape index (κ3) is 1.000. The van der Waals surface area contributed by atoms with Crippen molar-refractivity contribution in [2.45, 2.75) is 39.9 Å². The van der Waals surface area contributed by atoms with E-state index in [1.165, 1.54) is 6.42 Å². The zero-order valence-electron chi connectivity index (χ0n) is 7.52. The second-order valence-corrected chi connectivity index (χ2v) is 4.43. The first-order valence-corrected chi connectivity index (χ1v) is 4.22. The smallest absolute Gasteiger partial charge is 0.0707 e. The molecule has 0 amide bonds. The van der Waals surface area contributed by atoms with Crippen molar-refractivity contribution >= 4 is 7.85 Å². The summed E-state index contributed by atoms with van der Waals surface area (Å²) >= 11 is 0. The molecule has 1 rings (SSSR count). The molecule has 1 fully saturated rings. The fourth-order valence-electron chi connectivity index (χ4n) is 1.98. The average molecular weight is 136 g/mol. The molecule has 0 nitrogen and oxygen atoms in total. The predicted molar refractivity (Wildman–Crippen MR) is 46.2 cm³/mol. The maximum absolute atomic E-state index is 5.99. The van der Waals surface area contributed by atoms with Crippen LogP contribution in [0.1, 0.15) is 34.1 Å². The first kappa shape index (κ1) is 8.16. The number of hydrogen-bond donors (Lipinski definition) is 0. The van der Waals surface area contributed by atoms with Crippen LogP contribution in [-0.4, -0.2) is 7.85 Å². The van der Waals surface area contributed by atoms with E-state index >= 15 is 0 Å². The van der Waals surface area contributed by atoms with Crippen LogP contribution in [0.15, 0.2) is 0 Å². The molecule has 0 saturated heterocycles. The Morgan fingerprint density at radius 2 is 1.80 bits per heavy atom. The SMILES string of the molecule is [B]C1CC(C)C(C)C1(C)C. The largest absolute Gasteiger partial charge is 0.0718 e.